The maximum Gasteiger partial charge on any atom is 0.0639 e. The molecule has 2 heteroatoms. The summed E-state index contributed by atoms with van der Waals surface area (Å²) in [7, 11) is 0. The van der Waals surface area contributed by atoms with Gasteiger partial charge in [0.15, 0.2) is 0 Å². The summed E-state index contributed by atoms with van der Waals surface area (Å²) in [6, 6.07) is 0.679. The predicted molar refractivity (Wildman–Crippen MR) is 46.6 cm³/mol. The lowest BCUT2D eigenvalue weighted by Crippen LogP contribution is -2.41. The summed E-state index contributed by atoms with van der Waals surface area (Å²) in [5, 5.41) is 9.18. The van der Waals surface area contributed by atoms with Crippen molar-refractivity contribution in [3.63, 3.8) is 0 Å². The van der Waals surface area contributed by atoms with E-state index in [1.54, 1.807) is 0 Å². The highest BCUT2D eigenvalue weighted by Gasteiger charge is 2.18. The van der Waals surface area contributed by atoms with Crippen molar-refractivity contribution in [3.8, 4) is 0 Å². The number of aliphatic hydroxyl groups excluding tert-OH is 1. The van der Waals surface area contributed by atoms with Gasteiger partial charge < -0.3 is 5.11 Å². The lowest BCUT2D eigenvalue weighted by Gasteiger charge is -2.33. The van der Waals surface area contributed by atoms with Crippen molar-refractivity contribution in [2.24, 2.45) is 0 Å². The van der Waals surface area contributed by atoms with Crippen molar-refractivity contribution in [3.05, 3.63) is 0 Å². The maximum absolute atomic E-state index is 9.18. The first-order valence-electron chi connectivity index (χ1n) is 4.62. The van der Waals surface area contributed by atoms with E-state index < -0.39 is 0 Å². The molecule has 1 fully saturated rings. The summed E-state index contributed by atoms with van der Waals surface area (Å²) in [5.41, 5.74) is 0. The molecular formula is C9H19NO. The maximum atomic E-state index is 9.18. The Morgan fingerprint density at radius 2 is 2.27 bits per heavy atom. The third-order valence-electron chi connectivity index (χ3n) is 2.44. The largest absolute Gasteiger partial charge is 0.392 e. The van der Waals surface area contributed by atoms with Crippen molar-refractivity contribution in [2.45, 2.75) is 45.3 Å². The zero-order valence-electron chi connectivity index (χ0n) is 7.58. The van der Waals surface area contributed by atoms with E-state index in [2.05, 4.69) is 11.8 Å². The number of hydrogen-bond acceptors (Lipinski definition) is 2. The smallest absolute Gasteiger partial charge is 0.0639 e. The van der Waals surface area contributed by atoms with Gasteiger partial charge in [0.2, 0.25) is 0 Å². The monoisotopic (exact) mass is 157 g/mol. The van der Waals surface area contributed by atoms with Gasteiger partial charge in [-0.2, -0.15) is 0 Å². The number of β-amino-alcohol motifs (C(OH)–C–C–N with tert-alkyl or cyclic N) is 1. The molecule has 0 aromatic rings. The molecule has 1 aliphatic heterocycles. The van der Waals surface area contributed by atoms with E-state index in [0.29, 0.717) is 6.04 Å². The van der Waals surface area contributed by atoms with E-state index in [4.69, 9.17) is 0 Å². The minimum absolute atomic E-state index is 0.171. The van der Waals surface area contributed by atoms with Crippen LogP contribution in [0.2, 0.25) is 0 Å². The summed E-state index contributed by atoms with van der Waals surface area (Å²) in [6.07, 6.45) is 3.79. The average molecular weight is 157 g/mol. The van der Waals surface area contributed by atoms with Crippen LogP contribution < -0.4 is 0 Å². The Labute approximate surface area is 69.2 Å². The van der Waals surface area contributed by atoms with E-state index in [9.17, 15) is 5.11 Å². The highest BCUT2D eigenvalue weighted by atomic mass is 16.3. The first-order chi connectivity index (χ1) is 5.20. The number of rotatable bonds is 2. The number of aliphatic hydroxyl groups is 1. The molecule has 0 aromatic heterocycles. The SMILES string of the molecule is CC(O)CN1CCCCC1C. The van der Waals surface area contributed by atoms with Gasteiger partial charge in [0, 0.05) is 12.6 Å². The van der Waals surface area contributed by atoms with Gasteiger partial charge in [0.1, 0.15) is 0 Å². The zero-order chi connectivity index (χ0) is 8.27. The van der Waals surface area contributed by atoms with E-state index in [0.717, 1.165) is 6.54 Å². The molecule has 2 atom stereocenters. The fourth-order valence-electron chi connectivity index (χ4n) is 1.77. The average Bonchev–Trinajstić information content (AvgIpc) is 1.93. The highest BCUT2D eigenvalue weighted by Crippen LogP contribution is 2.15. The van der Waals surface area contributed by atoms with Crippen molar-refractivity contribution < 1.29 is 5.11 Å². The van der Waals surface area contributed by atoms with Crippen LogP contribution in [0.5, 0.6) is 0 Å². The second-order valence-corrected chi connectivity index (χ2v) is 3.69. The van der Waals surface area contributed by atoms with E-state index in [-0.39, 0.29) is 6.10 Å². The quantitative estimate of drug-likeness (QED) is 0.652. The van der Waals surface area contributed by atoms with Gasteiger partial charge in [-0.1, -0.05) is 6.42 Å². The first kappa shape index (κ1) is 9.01. The van der Waals surface area contributed by atoms with Crippen LogP contribution in [-0.4, -0.2) is 35.2 Å². The minimum atomic E-state index is -0.171. The molecule has 1 heterocycles. The second-order valence-electron chi connectivity index (χ2n) is 3.69. The molecule has 0 bridgehead atoms. The van der Waals surface area contributed by atoms with Gasteiger partial charge in [-0.25, -0.2) is 0 Å². The van der Waals surface area contributed by atoms with Gasteiger partial charge in [-0.15, -0.1) is 0 Å². The Morgan fingerprint density at radius 3 is 2.82 bits per heavy atom. The molecule has 0 spiro atoms. The summed E-state index contributed by atoms with van der Waals surface area (Å²) < 4.78 is 0. The van der Waals surface area contributed by atoms with Crippen LogP contribution in [-0.2, 0) is 0 Å². The summed E-state index contributed by atoms with van der Waals surface area (Å²) >= 11 is 0. The lowest BCUT2D eigenvalue weighted by atomic mass is 10.0. The van der Waals surface area contributed by atoms with Gasteiger partial charge in [0.05, 0.1) is 6.10 Å². The van der Waals surface area contributed by atoms with Gasteiger partial charge in [-0.05, 0) is 33.2 Å². The van der Waals surface area contributed by atoms with Gasteiger partial charge in [-0.3, -0.25) is 4.90 Å². The highest BCUT2D eigenvalue weighted by molar-refractivity contribution is 4.73. The van der Waals surface area contributed by atoms with Crippen LogP contribution in [0.1, 0.15) is 33.1 Å². The standard InChI is InChI=1S/C9H19NO/c1-8-5-3-4-6-10(8)7-9(2)11/h8-9,11H,3-7H2,1-2H3. The van der Waals surface area contributed by atoms with E-state index in [1.807, 2.05) is 6.92 Å². The molecule has 0 radical (unpaired) electrons. The number of piperidine rings is 1. The lowest BCUT2D eigenvalue weighted by molar-refractivity contribution is 0.0832. The molecular weight excluding hydrogens is 138 g/mol. The van der Waals surface area contributed by atoms with Gasteiger partial charge in [0.25, 0.3) is 0 Å². The van der Waals surface area contributed by atoms with Crippen molar-refractivity contribution in [2.75, 3.05) is 13.1 Å². The molecule has 0 aromatic carbocycles. The topological polar surface area (TPSA) is 23.5 Å². The molecule has 0 aliphatic carbocycles. The van der Waals surface area contributed by atoms with Crippen LogP contribution >= 0.6 is 0 Å². The van der Waals surface area contributed by atoms with Crippen LogP contribution in [0.15, 0.2) is 0 Å². The number of likely N-dealkylation sites (tertiary alicyclic amines) is 1. The second kappa shape index (κ2) is 4.07. The van der Waals surface area contributed by atoms with Crippen LogP contribution in [0.4, 0.5) is 0 Å². The molecule has 2 unspecified atom stereocenters. The fraction of sp³-hybridized carbons (Fsp3) is 1.00. The molecule has 66 valence electrons. The van der Waals surface area contributed by atoms with Crippen molar-refractivity contribution in [1.82, 2.24) is 4.90 Å². The third kappa shape index (κ3) is 2.80. The summed E-state index contributed by atoms with van der Waals surface area (Å²) in [5.74, 6) is 0. The van der Waals surface area contributed by atoms with Crippen LogP contribution in [0.25, 0.3) is 0 Å². The summed E-state index contributed by atoms with van der Waals surface area (Å²) in [6.45, 7) is 6.14. The number of nitrogens with zero attached hydrogens (tertiary/aromatic N) is 1. The molecule has 0 amide bonds. The fourth-order valence-corrected chi connectivity index (χ4v) is 1.77. The van der Waals surface area contributed by atoms with Crippen molar-refractivity contribution in [1.29, 1.82) is 0 Å². The Hall–Kier alpha value is -0.0800. The molecule has 1 rings (SSSR count). The Morgan fingerprint density at radius 1 is 1.55 bits per heavy atom. The third-order valence-corrected chi connectivity index (χ3v) is 2.44. The van der Waals surface area contributed by atoms with E-state index in [1.165, 1.54) is 25.8 Å². The van der Waals surface area contributed by atoms with Gasteiger partial charge >= 0.3 is 0 Å². The zero-order valence-corrected chi connectivity index (χ0v) is 7.58. The molecule has 1 N–H and O–H groups in total. The molecule has 0 saturated carbocycles. The molecule has 1 aliphatic rings. The normalized spacial score (nSPS) is 30.3. The number of hydrogen-bond donors (Lipinski definition) is 1. The predicted octanol–water partition coefficient (Wildman–Crippen LogP) is 1.24. The van der Waals surface area contributed by atoms with E-state index >= 15 is 0 Å². The molecule has 1 saturated heterocycles. The van der Waals surface area contributed by atoms with Crippen LogP contribution in [0.3, 0.4) is 0 Å². The Bertz CT molecular complexity index is 114. The molecule has 11 heavy (non-hydrogen) atoms. The van der Waals surface area contributed by atoms with Crippen LogP contribution in [0, 0.1) is 0 Å². The molecule has 2 nitrogen and oxygen atoms in total. The Balaban J connectivity index is 2.29. The Kier molecular flexibility index (Phi) is 3.34. The summed E-state index contributed by atoms with van der Waals surface area (Å²) in [4.78, 5) is 2.38. The first-order valence-corrected chi connectivity index (χ1v) is 4.62. The van der Waals surface area contributed by atoms with Crippen molar-refractivity contribution >= 4 is 0 Å². The minimum Gasteiger partial charge on any atom is -0.392 e.